The number of rotatable bonds is 7. The molecule has 0 aliphatic heterocycles. The van der Waals surface area contributed by atoms with Gasteiger partial charge in [0.25, 0.3) is 0 Å². The Kier molecular flexibility index (Phi) is 7.34. The third-order valence-electron chi connectivity index (χ3n) is 2.54. The fourth-order valence-electron chi connectivity index (χ4n) is 1.12. The lowest BCUT2D eigenvalue weighted by Gasteiger charge is -2.19. The number of likely N-dealkylation sites (N-methyl/N-ethyl adjacent to an activating group) is 1. The SMILES string of the molecule is CC(N)CCCC(=O)NCC(C)N(C)C. The number of carbonyl (C=O) groups is 1. The van der Waals surface area contributed by atoms with Crippen LogP contribution in [0.3, 0.4) is 0 Å². The Bertz CT molecular complexity index is 181. The van der Waals surface area contributed by atoms with Crippen LogP contribution in [0.25, 0.3) is 0 Å². The Balaban J connectivity index is 3.49. The van der Waals surface area contributed by atoms with Gasteiger partial charge in [0.2, 0.25) is 5.91 Å². The van der Waals surface area contributed by atoms with E-state index >= 15 is 0 Å². The van der Waals surface area contributed by atoms with Crippen LogP contribution in [0.15, 0.2) is 0 Å². The number of carbonyl (C=O) groups excluding carboxylic acids is 1. The minimum Gasteiger partial charge on any atom is -0.355 e. The zero-order valence-electron chi connectivity index (χ0n) is 10.4. The minimum atomic E-state index is 0.129. The van der Waals surface area contributed by atoms with E-state index in [2.05, 4.69) is 17.1 Å². The van der Waals surface area contributed by atoms with Crippen molar-refractivity contribution in [3.05, 3.63) is 0 Å². The second-order valence-corrected chi connectivity index (χ2v) is 4.49. The molecular weight excluding hydrogens is 190 g/mol. The highest BCUT2D eigenvalue weighted by atomic mass is 16.1. The van der Waals surface area contributed by atoms with E-state index in [0.717, 1.165) is 12.8 Å². The normalized spacial score (nSPS) is 15.1. The lowest BCUT2D eigenvalue weighted by atomic mass is 10.1. The second kappa shape index (κ2) is 7.65. The number of nitrogens with two attached hydrogens (primary N) is 1. The molecule has 3 N–H and O–H groups in total. The molecule has 0 aliphatic carbocycles. The van der Waals surface area contributed by atoms with Gasteiger partial charge >= 0.3 is 0 Å². The monoisotopic (exact) mass is 215 g/mol. The first-order valence-electron chi connectivity index (χ1n) is 5.62. The van der Waals surface area contributed by atoms with Crippen LogP contribution in [0.5, 0.6) is 0 Å². The summed E-state index contributed by atoms with van der Waals surface area (Å²) in [6.07, 6.45) is 2.37. The first-order chi connectivity index (χ1) is 6.93. The molecule has 1 amide bonds. The third kappa shape index (κ3) is 8.39. The summed E-state index contributed by atoms with van der Waals surface area (Å²) in [7, 11) is 4.01. The molecule has 0 saturated carbocycles. The van der Waals surface area contributed by atoms with Crippen molar-refractivity contribution in [3.8, 4) is 0 Å². The van der Waals surface area contributed by atoms with Crippen LogP contribution in [-0.2, 0) is 4.79 Å². The highest BCUT2D eigenvalue weighted by Crippen LogP contribution is 1.98. The summed E-state index contributed by atoms with van der Waals surface area (Å²) in [5.74, 6) is 0.129. The van der Waals surface area contributed by atoms with Gasteiger partial charge < -0.3 is 16.0 Å². The van der Waals surface area contributed by atoms with E-state index < -0.39 is 0 Å². The topological polar surface area (TPSA) is 58.4 Å². The van der Waals surface area contributed by atoms with Crippen LogP contribution in [-0.4, -0.2) is 43.5 Å². The molecule has 0 aromatic rings. The van der Waals surface area contributed by atoms with E-state index in [9.17, 15) is 4.79 Å². The second-order valence-electron chi connectivity index (χ2n) is 4.49. The predicted octanol–water partition coefficient (Wildman–Crippen LogP) is 0.570. The van der Waals surface area contributed by atoms with E-state index in [-0.39, 0.29) is 11.9 Å². The summed E-state index contributed by atoms with van der Waals surface area (Å²) < 4.78 is 0. The maximum absolute atomic E-state index is 11.4. The van der Waals surface area contributed by atoms with Gasteiger partial charge in [0.15, 0.2) is 0 Å². The number of hydrogen-bond acceptors (Lipinski definition) is 3. The quantitative estimate of drug-likeness (QED) is 0.653. The van der Waals surface area contributed by atoms with Gasteiger partial charge in [-0.15, -0.1) is 0 Å². The van der Waals surface area contributed by atoms with Crippen molar-refractivity contribution >= 4 is 5.91 Å². The van der Waals surface area contributed by atoms with Gasteiger partial charge in [-0.25, -0.2) is 0 Å². The highest BCUT2D eigenvalue weighted by molar-refractivity contribution is 5.75. The van der Waals surface area contributed by atoms with E-state index in [1.165, 1.54) is 0 Å². The lowest BCUT2D eigenvalue weighted by molar-refractivity contribution is -0.121. The van der Waals surface area contributed by atoms with Crippen LogP contribution in [0.2, 0.25) is 0 Å². The average molecular weight is 215 g/mol. The largest absolute Gasteiger partial charge is 0.355 e. The summed E-state index contributed by atoms with van der Waals surface area (Å²) in [4.78, 5) is 13.5. The molecule has 0 spiro atoms. The van der Waals surface area contributed by atoms with E-state index in [0.29, 0.717) is 19.0 Å². The maximum Gasteiger partial charge on any atom is 0.220 e. The molecule has 4 heteroatoms. The molecule has 0 aromatic heterocycles. The molecule has 0 aromatic carbocycles. The zero-order chi connectivity index (χ0) is 11.8. The number of nitrogens with one attached hydrogen (secondary N) is 1. The van der Waals surface area contributed by atoms with E-state index in [4.69, 9.17) is 5.73 Å². The van der Waals surface area contributed by atoms with Crippen molar-refractivity contribution in [3.63, 3.8) is 0 Å². The van der Waals surface area contributed by atoms with E-state index in [1.807, 2.05) is 21.0 Å². The fraction of sp³-hybridized carbons (Fsp3) is 0.909. The van der Waals surface area contributed by atoms with Crippen molar-refractivity contribution in [1.29, 1.82) is 0 Å². The molecule has 0 bridgehead atoms. The third-order valence-corrected chi connectivity index (χ3v) is 2.54. The molecule has 0 saturated heterocycles. The van der Waals surface area contributed by atoms with Crippen LogP contribution in [0.4, 0.5) is 0 Å². The molecule has 90 valence electrons. The van der Waals surface area contributed by atoms with Gasteiger partial charge in [-0.05, 0) is 40.8 Å². The van der Waals surface area contributed by atoms with Gasteiger partial charge in [0.05, 0.1) is 0 Å². The summed E-state index contributed by atoms with van der Waals surface area (Å²) in [6.45, 7) is 4.76. The molecule has 0 fully saturated rings. The van der Waals surface area contributed by atoms with Crippen LogP contribution >= 0.6 is 0 Å². The summed E-state index contributed by atoms with van der Waals surface area (Å²) in [5, 5.41) is 2.92. The van der Waals surface area contributed by atoms with Crippen molar-refractivity contribution in [2.45, 2.75) is 45.2 Å². The average Bonchev–Trinajstić information content (AvgIpc) is 2.13. The molecule has 0 radical (unpaired) electrons. The summed E-state index contributed by atoms with van der Waals surface area (Å²) >= 11 is 0. The van der Waals surface area contributed by atoms with Gasteiger partial charge in [-0.2, -0.15) is 0 Å². The summed E-state index contributed by atoms with van der Waals surface area (Å²) in [5.41, 5.74) is 5.60. The van der Waals surface area contributed by atoms with E-state index in [1.54, 1.807) is 0 Å². The molecule has 0 aliphatic rings. The summed E-state index contributed by atoms with van der Waals surface area (Å²) in [6, 6.07) is 0.570. The molecule has 0 heterocycles. The van der Waals surface area contributed by atoms with Gasteiger partial charge in [-0.1, -0.05) is 0 Å². The van der Waals surface area contributed by atoms with Gasteiger partial charge in [0, 0.05) is 25.0 Å². The van der Waals surface area contributed by atoms with Crippen LogP contribution in [0, 0.1) is 0 Å². The first-order valence-corrected chi connectivity index (χ1v) is 5.62. The molecule has 15 heavy (non-hydrogen) atoms. The van der Waals surface area contributed by atoms with Crippen LogP contribution < -0.4 is 11.1 Å². The van der Waals surface area contributed by atoms with Crippen molar-refractivity contribution in [2.75, 3.05) is 20.6 Å². The van der Waals surface area contributed by atoms with Crippen molar-refractivity contribution < 1.29 is 4.79 Å². The predicted molar refractivity (Wildman–Crippen MR) is 63.7 cm³/mol. The van der Waals surface area contributed by atoms with Crippen molar-refractivity contribution in [1.82, 2.24) is 10.2 Å². The minimum absolute atomic E-state index is 0.129. The van der Waals surface area contributed by atoms with Crippen LogP contribution in [0.1, 0.15) is 33.1 Å². The first kappa shape index (κ1) is 14.4. The number of hydrogen-bond donors (Lipinski definition) is 2. The molecule has 2 atom stereocenters. The Hall–Kier alpha value is -0.610. The Morgan fingerprint density at radius 3 is 2.47 bits per heavy atom. The Morgan fingerprint density at radius 2 is 2.00 bits per heavy atom. The molecular formula is C11H25N3O. The molecule has 0 rings (SSSR count). The Labute approximate surface area is 93.2 Å². The smallest absolute Gasteiger partial charge is 0.220 e. The Morgan fingerprint density at radius 1 is 1.40 bits per heavy atom. The number of amides is 1. The molecule has 2 unspecified atom stereocenters. The maximum atomic E-state index is 11.4. The fourth-order valence-corrected chi connectivity index (χ4v) is 1.12. The standard InChI is InChI=1S/C11H25N3O/c1-9(12)6-5-7-11(15)13-8-10(2)14(3)4/h9-10H,5-8,12H2,1-4H3,(H,13,15). The van der Waals surface area contributed by atoms with Gasteiger partial charge in [0.1, 0.15) is 0 Å². The van der Waals surface area contributed by atoms with Gasteiger partial charge in [-0.3, -0.25) is 4.79 Å². The highest BCUT2D eigenvalue weighted by Gasteiger charge is 2.07. The van der Waals surface area contributed by atoms with Crippen molar-refractivity contribution in [2.24, 2.45) is 5.73 Å². The lowest BCUT2D eigenvalue weighted by Crippen LogP contribution is -2.38. The zero-order valence-corrected chi connectivity index (χ0v) is 10.4. The molecule has 4 nitrogen and oxygen atoms in total. The number of nitrogens with zero attached hydrogens (tertiary/aromatic N) is 1.